The molecule has 0 radical (unpaired) electrons. The monoisotopic (exact) mass is 277 g/mol. The maximum Gasteiger partial charge on any atom is 0.0595 e. The van der Waals surface area contributed by atoms with Gasteiger partial charge in [0.1, 0.15) is 0 Å². The third kappa shape index (κ3) is 4.17. The minimum absolute atomic E-state index is 0.0220. The normalized spacial score (nSPS) is 14.8. The fourth-order valence-corrected chi connectivity index (χ4v) is 2.50. The molecule has 0 bridgehead atoms. The highest BCUT2D eigenvalue weighted by molar-refractivity contribution is 7.99. The van der Waals surface area contributed by atoms with Crippen LogP contribution in [0, 0.1) is 0 Å². The van der Waals surface area contributed by atoms with Crippen LogP contribution < -0.4 is 5.73 Å². The van der Waals surface area contributed by atoms with Crippen LogP contribution in [0.1, 0.15) is 31.9 Å². The first kappa shape index (κ1) is 14.2. The predicted molar refractivity (Wildman–Crippen MR) is 75.6 cm³/mol. The average molecular weight is 278 g/mol. The van der Waals surface area contributed by atoms with Gasteiger partial charge in [-0.25, -0.2) is 0 Å². The molecule has 0 aliphatic rings. The van der Waals surface area contributed by atoms with Crippen LogP contribution in [0.15, 0.2) is 18.2 Å². The molecule has 2 unspecified atom stereocenters. The first-order chi connectivity index (χ1) is 7.54. The van der Waals surface area contributed by atoms with Crippen molar-refractivity contribution in [1.29, 1.82) is 0 Å². The van der Waals surface area contributed by atoms with E-state index in [2.05, 4.69) is 13.8 Å². The van der Waals surface area contributed by atoms with Gasteiger partial charge in [0.05, 0.1) is 10.0 Å². The fourth-order valence-electron chi connectivity index (χ4n) is 1.23. The summed E-state index contributed by atoms with van der Waals surface area (Å²) >= 11 is 13.7. The number of hydrogen-bond donors (Lipinski definition) is 1. The van der Waals surface area contributed by atoms with Crippen LogP contribution in [0.4, 0.5) is 0 Å². The minimum atomic E-state index is 0.0220. The molecular weight excluding hydrogens is 261 g/mol. The van der Waals surface area contributed by atoms with Crippen molar-refractivity contribution in [2.45, 2.75) is 31.6 Å². The molecule has 90 valence electrons. The van der Waals surface area contributed by atoms with Gasteiger partial charge in [0.2, 0.25) is 0 Å². The molecule has 0 spiro atoms. The Hall–Kier alpha value is 0.110. The van der Waals surface area contributed by atoms with E-state index in [0.29, 0.717) is 15.3 Å². The van der Waals surface area contributed by atoms with Gasteiger partial charge in [-0.3, -0.25) is 0 Å². The molecule has 0 aromatic heterocycles. The molecule has 0 fully saturated rings. The van der Waals surface area contributed by atoms with Gasteiger partial charge in [-0.15, -0.1) is 0 Å². The van der Waals surface area contributed by atoms with Crippen molar-refractivity contribution in [3.63, 3.8) is 0 Å². The lowest BCUT2D eigenvalue weighted by atomic mass is 10.1. The van der Waals surface area contributed by atoms with Gasteiger partial charge in [0.15, 0.2) is 0 Å². The SMILES string of the molecule is CCC(C)SCC(N)c1ccc(Cl)c(Cl)c1. The fraction of sp³-hybridized carbons (Fsp3) is 0.500. The third-order valence-corrected chi connectivity index (χ3v) is 4.70. The van der Waals surface area contributed by atoms with E-state index < -0.39 is 0 Å². The molecule has 1 rings (SSSR count). The number of nitrogens with two attached hydrogens (primary N) is 1. The second-order valence-corrected chi connectivity index (χ2v) is 6.12. The molecule has 0 saturated heterocycles. The van der Waals surface area contributed by atoms with Crippen LogP contribution in [0.2, 0.25) is 10.0 Å². The first-order valence-electron chi connectivity index (χ1n) is 5.36. The van der Waals surface area contributed by atoms with Crippen molar-refractivity contribution in [2.24, 2.45) is 5.73 Å². The summed E-state index contributed by atoms with van der Waals surface area (Å²) in [6.07, 6.45) is 1.17. The lowest BCUT2D eigenvalue weighted by Gasteiger charge is -2.15. The Kier molecular flexibility index (Phi) is 5.98. The van der Waals surface area contributed by atoms with Crippen molar-refractivity contribution >= 4 is 35.0 Å². The molecule has 0 aliphatic heterocycles. The second-order valence-electron chi connectivity index (χ2n) is 3.83. The molecule has 2 atom stereocenters. The third-order valence-electron chi connectivity index (χ3n) is 2.51. The van der Waals surface area contributed by atoms with Crippen molar-refractivity contribution in [3.8, 4) is 0 Å². The predicted octanol–water partition coefficient (Wildman–Crippen LogP) is 4.52. The molecule has 1 aromatic rings. The quantitative estimate of drug-likeness (QED) is 0.856. The largest absolute Gasteiger partial charge is 0.323 e. The van der Waals surface area contributed by atoms with E-state index in [4.69, 9.17) is 28.9 Å². The van der Waals surface area contributed by atoms with Gasteiger partial charge >= 0.3 is 0 Å². The zero-order valence-electron chi connectivity index (χ0n) is 9.54. The Balaban J connectivity index is 2.59. The molecule has 0 aliphatic carbocycles. The number of rotatable bonds is 5. The smallest absolute Gasteiger partial charge is 0.0595 e. The van der Waals surface area contributed by atoms with Crippen LogP contribution in [-0.4, -0.2) is 11.0 Å². The van der Waals surface area contributed by atoms with Crippen LogP contribution in [0.5, 0.6) is 0 Å². The Labute approximate surface area is 112 Å². The summed E-state index contributed by atoms with van der Waals surface area (Å²) in [5.74, 6) is 0.910. The molecule has 0 heterocycles. The lowest BCUT2D eigenvalue weighted by molar-refractivity contribution is 0.821. The zero-order valence-corrected chi connectivity index (χ0v) is 11.9. The molecule has 1 nitrogen and oxygen atoms in total. The van der Waals surface area contributed by atoms with Gasteiger partial charge in [0.25, 0.3) is 0 Å². The highest BCUT2D eigenvalue weighted by atomic mass is 35.5. The number of halogens is 2. The van der Waals surface area contributed by atoms with Crippen molar-refractivity contribution in [1.82, 2.24) is 0 Å². The maximum atomic E-state index is 6.09. The molecule has 0 saturated carbocycles. The summed E-state index contributed by atoms with van der Waals surface area (Å²) in [6.45, 7) is 4.40. The number of benzene rings is 1. The zero-order chi connectivity index (χ0) is 12.1. The minimum Gasteiger partial charge on any atom is -0.323 e. The summed E-state index contributed by atoms with van der Waals surface area (Å²) in [6, 6.07) is 5.61. The van der Waals surface area contributed by atoms with Gasteiger partial charge in [-0.05, 0) is 24.1 Å². The topological polar surface area (TPSA) is 26.0 Å². The Morgan fingerprint density at radius 2 is 2.00 bits per heavy atom. The summed E-state index contributed by atoms with van der Waals surface area (Å²) < 4.78 is 0. The van der Waals surface area contributed by atoms with Crippen LogP contribution in [0.25, 0.3) is 0 Å². The summed E-state index contributed by atoms with van der Waals surface area (Å²) in [7, 11) is 0. The van der Waals surface area contributed by atoms with E-state index in [-0.39, 0.29) is 6.04 Å². The molecule has 4 heteroatoms. The van der Waals surface area contributed by atoms with E-state index >= 15 is 0 Å². The highest BCUT2D eigenvalue weighted by Crippen LogP contribution is 2.27. The summed E-state index contributed by atoms with van der Waals surface area (Å²) in [4.78, 5) is 0. The number of thioether (sulfide) groups is 1. The van der Waals surface area contributed by atoms with Crippen LogP contribution in [0.3, 0.4) is 0 Å². The van der Waals surface area contributed by atoms with Crippen molar-refractivity contribution < 1.29 is 0 Å². The Morgan fingerprint density at radius 3 is 2.56 bits per heavy atom. The van der Waals surface area contributed by atoms with E-state index in [1.165, 1.54) is 6.42 Å². The van der Waals surface area contributed by atoms with E-state index in [1.54, 1.807) is 6.07 Å². The molecular formula is C12H17Cl2NS. The average Bonchev–Trinajstić information content (AvgIpc) is 2.29. The first-order valence-corrected chi connectivity index (χ1v) is 7.17. The summed E-state index contributed by atoms with van der Waals surface area (Å²) in [5, 5.41) is 1.80. The van der Waals surface area contributed by atoms with Gasteiger partial charge < -0.3 is 5.73 Å². The second kappa shape index (κ2) is 6.75. The van der Waals surface area contributed by atoms with E-state index in [9.17, 15) is 0 Å². The van der Waals surface area contributed by atoms with Crippen LogP contribution in [-0.2, 0) is 0 Å². The number of hydrogen-bond acceptors (Lipinski definition) is 2. The van der Waals surface area contributed by atoms with Gasteiger partial charge in [0, 0.05) is 17.0 Å². The maximum absolute atomic E-state index is 6.09. The van der Waals surface area contributed by atoms with E-state index in [1.807, 2.05) is 23.9 Å². The molecule has 2 N–H and O–H groups in total. The highest BCUT2D eigenvalue weighted by Gasteiger charge is 2.10. The lowest BCUT2D eigenvalue weighted by Crippen LogP contribution is -2.14. The molecule has 1 aromatic carbocycles. The van der Waals surface area contributed by atoms with Crippen molar-refractivity contribution in [2.75, 3.05) is 5.75 Å². The van der Waals surface area contributed by atoms with Crippen molar-refractivity contribution in [3.05, 3.63) is 33.8 Å². The standard InChI is InChI=1S/C12H17Cl2NS/c1-3-8(2)16-7-12(15)9-4-5-10(13)11(14)6-9/h4-6,8,12H,3,7,15H2,1-2H3. The van der Waals surface area contributed by atoms with Crippen LogP contribution >= 0.6 is 35.0 Å². The van der Waals surface area contributed by atoms with Gasteiger partial charge in [-0.2, -0.15) is 11.8 Å². The van der Waals surface area contributed by atoms with Gasteiger partial charge in [-0.1, -0.05) is 43.1 Å². The Morgan fingerprint density at radius 1 is 1.31 bits per heavy atom. The summed E-state index contributed by atoms with van der Waals surface area (Å²) in [5.41, 5.74) is 7.14. The molecule has 0 amide bonds. The van der Waals surface area contributed by atoms with E-state index in [0.717, 1.165) is 11.3 Å². The Bertz CT molecular complexity index is 344. The molecule has 16 heavy (non-hydrogen) atoms.